The van der Waals surface area contributed by atoms with Gasteiger partial charge in [-0.25, -0.2) is 0 Å². The van der Waals surface area contributed by atoms with Gasteiger partial charge in [0.15, 0.2) is 0 Å². The van der Waals surface area contributed by atoms with Gasteiger partial charge in [0.25, 0.3) is 0 Å². The van der Waals surface area contributed by atoms with Crippen LogP contribution in [0.5, 0.6) is 0 Å². The van der Waals surface area contributed by atoms with E-state index in [-0.39, 0.29) is 16.2 Å². The Morgan fingerprint density at radius 1 is 0.295 bits per heavy atom. The van der Waals surface area contributed by atoms with Crippen molar-refractivity contribution in [1.82, 2.24) is 0 Å². The van der Waals surface area contributed by atoms with Crippen molar-refractivity contribution in [1.29, 1.82) is 0 Å². The third-order valence-electron chi connectivity index (χ3n) is 19.1. The molecular weight excluding hydrogens is 1060 g/mol. The Morgan fingerprint density at radius 3 is 1.08 bits per heavy atom. The van der Waals surface area contributed by atoms with Crippen LogP contribution in [0, 0.1) is 0 Å². The fourth-order valence-electron chi connectivity index (χ4n) is 15.0. The number of nitrogens with one attached hydrogen (secondary N) is 1. The Kier molecular flexibility index (Phi) is 13.0. The van der Waals surface area contributed by atoms with Crippen LogP contribution in [0.2, 0.25) is 0 Å². The molecule has 2 heteroatoms. The van der Waals surface area contributed by atoms with E-state index in [9.17, 15) is 0 Å². The van der Waals surface area contributed by atoms with Crippen molar-refractivity contribution in [2.75, 3.05) is 11.1 Å². The smallest absolute Gasteiger partial charge is 0.0713 e. The second-order valence-corrected chi connectivity index (χ2v) is 26.2. The van der Waals surface area contributed by atoms with Gasteiger partial charge in [0, 0.05) is 27.7 Å². The number of rotatable bonds is 8. The van der Waals surface area contributed by atoms with E-state index in [1.807, 2.05) is 12.1 Å². The van der Waals surface area contributed by atoms with Crippen LogP contribution in [0.25, 0.3) is 76.8 Å². The number of nitrogens with two attached hydrogens (primary N) is 1. The zero-order valence-corrected chi connectivity index (χ0v) is 50.9. The summed E-state index contributed by atoms with van der Waals surface area (Å²) in [4.78, 5) is 0. The molecule has 88 heavy (non-hydrogen) atoms. The molecule has 0 spiro atoms. The summed E-state index contributed by atoms with van der Waals surface area (Å²) >= 11 is 0. The second-order valence-electron chi connectivity index (χ2n) is 26.2. The van der Waals surface area contributed by atoms with Gasteiger partial charge in [-0.2, -0.15) is 0 Å². The highest BCUT2D eigenvalue weighted by molar-refractivity contribution is 6.31. The number of nitrogen functional groups attached to an aromatic ring is 1. The summed E-state index contributed by atoms with van der Waals surface area (Å²) in [6, 6.07) is 110. The number of fused-ring (bicyclic) bond motifs is 6. The van der Waals surface area contributed by atoms with E-state index in [1.54, 1.807) is 0 Å². The van der Waals surface area contributed by atoms with E-state index in [0.29, 0.717) is 0 Å². The molecule has 2 aliphatic rings. The van der Waals surface area contributed by atoms with Crippen molar-refractivity contribution in [3.63, 3.8) is 0 Å². The van der Waals surface area contributed by atoms with Gasteiger partial charge in [0.05, 0.1) is 16.5 Å². The quantitative estimate of drug-likeness (QED) is 0.118. The van der Waals surface area contributed by atoms with Crippen LogP contribution < -0.4 is 11.1 Å². The van der Waals surface area contributed by atoms with Crippen molar-refractivity contribution >= 4 is 49.4 Å². The molecule has 0 aromatic heterocycles. The summed E-state index contributed by atoms with van der Waals surface area (Å²) in [5.41, 5.74) is 31.4. The molecule has 0 saturated heterocycles. The summed E-state index contributed by atoms with van der Waals surface area (Å²) in [6.07, 6.45) is 0. The molecule has 2 nitrogen and oxygen atoms in total. The second kappa shape index (κ2) is 21.0. The fourth-order valence-corrected chi connectivity index (χ4v) is 15.0. The highest BCUT2D eigenvalue weighted by Gasteiger charge is 2.47. The summed E-state index contributed by atoms with van der Waals surface area (Å²) in [5.74, 6) is 0. The zero-order chi connectivity index (χ0) is 59.9. The molecule has 0 unspecified atom stereocenters. The molecule has 3 N–H and O–H groups in total. The van der Waals surface area contributed by atoms with Crippen LogP contribution in [-0.4, -0.2) is 0 Å². The molecule has 0 fully saturated rings. The Morgan fingerprint density at radius 2 is 0.659 bits per heavy atom. The van der Waals surface area contributed by atoms with E-state index in [2.05, 4.69) is 332 Å². The van der Waals surface area contributed by atoms with Crippen molar-refractivity contribution in [3.05, 3.63) is 353 Å². The summed E-state index contributed by atoms with van der Waals surface area (Å²) in [7, 11) is 0. The van der Waals surface area contributed by atoms with Crippen LogP contribution in [0.1, 0.15) is 97.2 Å². The minimum absolute atomic E-state index is 0.0395. The Bertz CT molecular complexity index is 4800. The minimum atomic E-state index is -0.452. The molecule has 0 saturated carbocycles. The molecule has 0 amide bonds. The minimum Gasteiger partial charge on any atom is -0.399 e. The standard InChI is InChI=1S/C61H51N.C25H19N/c1-59(2,3)43-29-23-41(24-30-43)55-50-37-27-39-15-14-16-40-28-38-51(57(50)54(39)40)58(56(55)42-25-31-44(32-26-42)60(4,5)6)62-47-35-33-46(34-36-47)61(45-17-8-7-9-18-45)52-21-12-10-19-48(52)49-20-11-13-22-53(49)61;26-20-16-14-19(15-17-20)25(18-8-2-1-3-9-18)23-12-6-4-10-21(23)22-11-5-7-13-24(22)25/h7-38,62H,1-6H3;1-17H,26H2. The predicted molar refractivity (Wildman–Crippen MR) is 374 cm³/mol. The maximum atomic E-state index is 6.00. The first-order valence-corrected chi connectivity index (χ1v) is 31.0. The molecule has 14 aromatic rings. The Labute approximate surface area is 518 Å². The van der Waals surface area contributed by atoms with Crippen LogP contribution in [0.3, 0.4) is 0 Å². The highest BCUT2D eigenvalue weighted by Crippen LogP contribution is 2.58. The Balaban J connectivity index is 0.000000207. The third kappa shape index (κ3) is 8.60. The van der Waals surface area contributed by atoms with Crippen LogP contribution in [0.15, 0.2) is 297 Å². The van der Waals surface area contributed by atoms with Gasteiger partial charge in [0.2, 0.25) is 0 Å². The largest absolute Gasteiger partial charge is 0.399 e. The number of benzene rings is 14. The summed E-state index contributed by atoms with van der Waals surface area (Å²) < 4.78 is 0. The molecule has 0 radical (unpaired) electrons. The predicted octanol–water partition coefficient (Wildman–Crippen LogP) is 22.3. The maximum absolute atomic E-state index is 6.00. The Hall–Kier alpha value is -10.3. The number of hydrogen-bond acceptors (Lipinski definition) is 2. The average Bonchev–Trinajstić information content (AvgIpc) is 1.39. The van der Waals surface area contributed by atoms with E-state index in [1.165, 1.54) is 132 Å². The van der Waals surface area contributed by atoms with E-state index >= 15 is 0 Å². The van der Waals surface area contributed by atoms with Gasteiger partial charge in [0.1, 0.15) is 0 Å². The lowest BCUT2D eigenvalue weighted by molar-refractivity contribution is 0.590. The number of anilines is 3. The normalized spacial score (nSPS) is 13.6. The first-order valence-electron chi connectivity index (χ1n) is 31.0. The van der Waals surface area contributed by atoms with Gasteiger partial charge in [-0.1, -0.05) is 315 Å². The zero-order valence-electron chi connectivity index (χ0n) is 50.9. The monoisotopic (exact) mass is 1130 g/mol. The molecule has 0 bridgehead atoms. The van der Waals surface area contributed by atoms with Crippen molar-refractivity contribution in [3.8, 4) is 44.5 Å². The third-order valence-corrected chi connectivity index (χ3v) is 19.1. The van der Waals surface area contributed by atoms with Gasteiger partial charge in [-0.15, -0.1) is 0 Å². The molecule has 16 rings (SSSR count). The summed E-state index contributed by atoms with van der Waals surface area (Å²) in [6.45, 7) is 13.7. The van der Waals surface area contributed by atoms with Gasteiger partial charge in [-0.3, -0.25) is 0 Å². The molecular formula is C86H70N2. The van der Waals surface area contributed by atoms with E-state index < -0.39 is 5.41 Å². The van der Waals surface area contributed by atoms with Gasteiger partial charge < -0.3 is 11.1 Å². The topological polar surface area (TPSA) is 38.0 Å². The first kappa shape index (κ1) is 54.4. The lowest BCUT2D eigenvalue weighted by Crippen LogP contribution is -2.28. The maximum Gasteiger partial charge on any atom is 0.0713 e. The van der Waals surface area contributed by atoms with Crippen molar-refractivity contribution < 1.29 is 0 Å². The average molecular weight is 1130 g/mol. The number of hydrogen-bond donors (Lipinski definition) is 2. The highest BCUT2D eigenvalue weighted by atomic mass is 14.9. The van der Waals surface area contributed by atoms with Crippen molar-refractivity contribution in [2.45, 2.75) is 63.2 Å². The van der Waals surface area contributed by atoms with Gasteiger partial charge >= 0.3 is 0 Å². The van der Waals surface area contributed by atoms with Crippen LogP contribution in [-0.2, 0) is 21.7 Å². The molecule has 424 valence electrons. The molecule has 14 aromatic carbocycles. The lowest BCUT2D eigenvalue weighted by Gasteiger charge is -2.34. The SMILES string of the molecule is CC(C)(C)c1ccc(-c2c(Nc3ccc(C4(c5ccccc5)c5ccccc5-c5ccccc54)cc3)c3ccc4cccc5ccc(c2-c2ccc(C(C)(C)C)cc2)c3c45)cc1.Nc1ccc(C2(c3ccccc3)c3ccccc3-c3ccccc32)cc1. The molecule has 2 aliphatic carbocycles. The lowest BCUT2D eigenvalue weighted by atomic mass is 9.68. The molecule has 0 atom stereocenters. The van der Waals surface area contributed by atoms with Crippen LogP contribution >= 0.6 is 0 Å². The van der Waals surface area contributed by atoms with E-state index in [0.717, 1.165) is 17.1 Å². The summed E-state index contributed by atoms with van der Waals surface area (Å²) in [5, 5.41) is 11.7. The van der Waals surface area contributed by atoms with Gasteiger partial charge in [-0.05, 0) is 151 Å². The molecule has 0 heterocycles. The fraction of sp³-hybridized carbons (Fsp3) is 0.116. The van der Waals surface area contributed by atoms with Crippen molar-refractivity contribution in [2.24, 2.45) is 0 Å². The van der Waals surface area contributed by atoms with Crippen LogP contribution in [0.4, 0.5) is 17.1 Å². The first-order chi connectivity index (χ1) is 42.8. The molecule has 0 aliphatic heterocycles. The van der Waals surface area contributed by atoms with E-state index in [4.69, 9.17) is 5.73 Å².